The van der Waals surface area contributed by atoms with Gasteiger partial charge in [-0.15, -0.1) is 0 Å². The number of aliphatic hydroxyl groups excluding tert-OH is 1. The van der Waals surface area contributed by atoms with E-state index in [-0.39, 0.29) is 17.2 Å². The van der Waals surface area contributed by atoms with E-state index in [1.807, 2.05) is 0 Å². The van der Waals surface area contributed by atoms with Crippen molar-refractivity contribution in [3.05, 3.63) is 0 Å². The van der Waals surface area contributed by atoms with Crippen LogP contribution in [0.15, 0.2) is 0 Å². The zero-order valence-electron chi connectivity index (χ0n) is 12.5. The first-order chi connectivity index (χ1) is 6.99. The van der Waals surface area contributed by atoms with Gasteiger partial charge in [-0.05, 0) is 53.5 Å². The number of hydrogen-bond acceptors (Lipinski definition) is 2. The molecule has 2 heteroatoms. The van der Waals surface area contributed by atoms with Crippen LogP contribution in [0.25, 0.3) is 0 Å². The standard InChI is InChI=1S/C10H21NO.C4H10/c1-9(2)6-8(12)7-10(3,4)11(9)5;1-4(2)3/h8,12H,6-7H2,1-5H3;4H,1-3H3. The normalized spacial score (nSPS) is 25.1. The zero-order valence-corrected chi connectivity index (χ0v) is 12.5. The Kier molecular flexibility index (Phi) is 5.48. The fraction of sp³-hybridized carbons (Fsp3) is 1.00. The van der Waals surface area contributed by atoms with Crippen LogP contribution in [0.1, 0.15) is 61.3 Å². The second kappa shape index (κ2) is 5.50. The monoisotopic (exact) mass is 229 g/mol. The minimum Gasteiger partial charge on any atom is -0.393 e. The van der Waals surface area contributed by atoms with Gasteiger partial charge in [-0.2, -0.15) is 0 Å². The Labute approximate surface area is 102 Å². The molecule has 98 valence electrons. The minimum atomic E-state index is -0.133. The summed E-state index contributed by atoms with van der Waals surface area (Å²) in [6.45, 7) is 15.3. The highest BCUT2D eigenvalue weighted by atomic mass is 16.3. The van der Waals surface area contributed by atoms with E-state index in [1.54, 1.807) is 0 Å². The van der Waals surface area contributed by atoms with Crippen molar-refractivity contribution >= 4 is 0 Å². The molecule has 0 spiro atoms. The summed E-state index contributed by atoms with van der Waals surface area (Å²) in [6, 6.07) is 0. The predicted octanol–water partition coefficient (Wildman–Crippen LogP) is 3.29. The van der Waals surface area contributed by atoms with E-state index in [1.165, 1.54) is 0 Å². The zero-order chi connectivity index (χ0) is 13.1. The molecule has 1 rings (SSSR count). The smallest absolute Gasteiger partial charge is 0.0575 e. The second-order valence-electron chi connectivity index (χ2n) is 6.98. The van der Waals surface area contributed by atoms with Crippen LogP contribution in [0.2, 0.25) is 0 Å². The summed E-state index contributed by atoms with van der Waals surface area (Å²) in [4.78, 5) is 2.37. The molecule has 1 aliphatic rings. The molecule has 0 aromatic carbocycles. The summed E-state index contributed by atoms with van der Waals surface area (Å²) in [7, 11) is 2.14. The molecule has 0 aliphatic carbocycles. The topological polar surface area (TPSA) is 23.5 Å². The van der Waals surface area contributed by atoms with E-state index in [4.69, 9.17) is 0 Å². The Morgan fingerprint density at radius 3 is 1.50 bits per heavy atom. The lowest BCUT2D eigenvalue weighted by Gasteiger charge is -2.52. The van der Waals surface area contributed by atoms with Crippen LogP contribution in [-0.2, 0) is 0 Å². The summed E-state index contributed by atoms with van der Waals surface area (Å²) in [6.07, 6.45) is 1.63. The van der Waals surface area contributed by atoms with E-state index in [2.05, 4.69) is 60.4 Å². The highest BCUT2D eigenvalue weighted by Gasteiger charge is 2.42. The van der Waals surface area contributed by atoms with Crippen LogP contribution in [0.4, 0.5) is 0 Å². The summed E-state index contributed by atoms with van der Waals surface area (Å²) >= 11 is 0. The molecule has 1 heterocycles. The van der Waals surface area contributed by atoms with E-state index >= 15 is 0 Å². The SMILES string of the molecule is CC(C)C.CN1C(C)(C)CC(O)CC1(C)C. The van der Waals surface area contributed by atoms with Gasteiger partial charge in [-0.25, -0.2) is 0 Å². The molecule has 1 saturated heterocycles. The largest absolute Gasteiger partial charge is 0.393 e. The van der Waals surface area contributed by atoms with Crippen LogP contribution < -0.4 is 0 Å². The number of nitrogens with zero attached hydrogens (tertiary/aromatic N) is 1. The molecular formula is C14H31NO. The van der Waals surface area contributed by atoms with Crippen molar-refractivity contribution in [1.29, 1.82) is 0 Å². The number of likely N-dealkylation sites (tertiary alicyclic amines) is 1. The molecule has 0 amide bonds. The maximum Gasteiger partial charge on any atom is 0.0575 e. The van der Waals surface area contributed by atoms with Crippen LogP contribution >= 0.6 is 0 Å². The molecule has 2 nitrogen and oxygen atoms in total. The van der Waals surface area contributed by atoms with Gasteiger partial charge in [0, 0.05) is 11.1 Å². The van der Waals surface area contributed by atoms with Crippen LogP contribution in [-0.4, -0.2) is 34.2 Å². The van der Waals surface area contributed by atoms with Gasteiger partial charge in [0.05, 0.1) is 6.10 Å². The number of rotatable bonds is 0. The van der Waals surface area contributed by atoms with Gasteiger partial charge in [0.2, 0.25) is 0 Å². The van der Waals surface area contributed by atoms with Gasteiger partial charge in [0.15, 0.2) is 0 Å². The van der Waals surface area contributed by atoms with Gasteiger partial charge in [0.1, 0.15) is 0 Å². The molecule has 0 saturated carbocycles. The predicted molar refractivity (Wildman–Crippen MR) is 71.7 cm³/mol. The minimum absolute atomic E-state index is 0.126. The molecule has 0 bridgehead atoms. The molecule has 1 fully saturated rings. The van der Waals surface area contributed by atoms with E-state index < -0.39 is 0 Å². The summed E-state index contributed by atoms with van der Waals surface area (Å²) < 4.78 is 0. The molecule has 0 unspecified atom stereocenters. The van der Waals surface area contributed by atoms with Crippen molar-refractivity contribution in [1.82, 2.24) is 4.90 Å². The molecular weight excluding hydrogens is 198 g/mol. The number of piperidine rings is 1. The van der Waals surface area contributed by atoms with Crippen LogP contribution in [0.3, 0.4) is 0 Å². The summed E-state index contributed by atoms with van der Waals surface area (Å²) in [5.41, 5.74) is 0.252. The van der Waals surface area contributed by atoms with Crippen molar-refractivity contribution in [2.24, 2.45) is 5.92 Å². The van der Waals surface area contributed by atoms with Crippen molar-refractivity contribution in [3.63, 3.8) is 0 Å². The first-order valence-electron chi connectivity index (χ1n) is 6.41. The Balaban J connectivity index is 0.000000487. The highest BCUT2D eigenvalue weighted by Crippen LogP contribution is 2.36. The molecule has 0 radical (unpaired) electrons. The van der Waals surface area contributed by atoms with Gasteiger partial charge in [-0.1, -0.05) is 20.8 Å². The molecule has 16 heavy (non-hydrogen) atoms. The fourth-order valence-corrected chi connectivity index (χ4v) is 2.32. The highest BCUT2D eigenvalue weighted by molar-refractivity contribution is 4.98. The molecule has 0 aromatic heterocycles. The fourth-order valence-electron chi connectivity index (χ4n) is 2.32. The molecule has 1 aliphatic heterocycles. The third kappa shape index (κ3) is 4.84. The maximum atomic E-state index is 9.67. The average molecular weight is 229 g/mol. The first kappa shape index (κ1) is 15.9. The van der Waals surface area contributed by atoms with Gasteiger partial charge in [0.25, 0.3) is 0 Å². The van der Waals surface area contributed by atoms with E-state index in [0.717, 1.165) is 18.8 Å². The maximum absolute atomic E-state index is 9.67. The Morgan fingerprint density at radius 2 is 1.25 bits per heavy atom. The average Bonchev–Trinajstić information content (AvgIpc) is 1.96. The quantitative estimate of drug-likeness (QED) is 0.689. The van der Waals surface area contributed by atoms with Crippen molar-refractivity contribution in [3.8, 4) is 0 Å². The van der Waals surface area contributed by atoms with Gasteiger partial charge in [-0.3, -0.25) is 4.90 Å². The van der Waals surface area contributed by atoms with Crippen molar-refractivity contribution < 1.29 is 5.11 Å². The van der Waals surface area contributed by atoms with Crippen LogP contribution in [0.5, 0.6) is 0 Å². The third-order valence-corrected chi connectivity index (χ3v) is 3.29. The van der Waals surface area contributed by atoms with E-state index in [0.29, 0.717) is 0 Å². The molecule has 0 atom stereocenters. The number of hydrogen-bond donors (Lipinski definition) is 1. The lowest BCUT2D eigenvalue weighted by atomic mass is 9.79. The first-order valence-corrected chi connectivity index (χ1v) is 6.41. The van der Waals surface area contributed by atoms with E-state index in [9.17, 15) is 5.11 Å². The Bertz CT molecular complexity index is 188. The van der Waals surface area contributed by atoms with Gasteiger partial charge < -0.3 is 5.11 Å². The molecule has 1 N–H and O–H groups in total. The summed E-state index contributed by atoms with van der Waals surface area (Å²) in [5.74, 6) is 0.833. The lowest BCUT2D eigenvalue weighted by molar-refractivity contribution is -0.0641. The van der Waals surface area contributed by atoms with Crippen molar-refractivity contribution in [2.45, 2.75) is 78.5 Å². The Hall–Kier alpha value is -0.0800. The summed E-state index contributed by atoms with van der Waals surface area (Å²) in [5, 5.41) is 9.67. The lowest BCUT2D eigenvalue weighted by Crippen LogP contribution is -2.59. The van der Waals surface area contributed by atoms with Crippen LogP contribution in [0, 0.1) is 5.92 Å². The van der Waals surface area contributed by atoms with Gasteiger partial charge >= 0.3 is 0 Å². The van der Waals surface area contributed by atoms with Crippen molar-refractivity contribution in [2.75, 3.05) is 7.05 Å². The molecule has 0 aromatic rings. The second-order valence-corrected chi connectivity index (χ2v) is 6.98. The third-order valence-electron chi connectivity index (χ3n) is 3.29. The Morgan fingerprint density at radius 1 is 1.00 bits per heavy atom. The number of aliphatic hydroxyl groups is 1.